The zero-order chi connectivity index (χ0) is 10.1. The molecule has 1 unspecified atom stereocenters. The lowest BCUT2D eigenvalue weighted by atomic mass is 9.95. The van der Waals surface area contributed by atoms with E-state index in [1.807, 2.05) is 0 Å². The molecule has 6 heteroatoms. The molecular weight excluding hydrogens is 200 g/mol. The van der Waals surface area contributed by atoms with E-state index in [0.29, 0.717) is 0 Å². The van der Waals surface area contributed by atoms with Crippen LogP contribution in [0.25, 0.3) is 0 Å². The number of nitrogens with two attached hydrogens (primary N) is 1. The molecule has 2 N–H and O–H groups in total. The Kier molecular flexibility index (Phi) is 2.91. The van der Waals surface area contributed by atoms with Gasteiger partial charge in [0.1, 0.15) is 5.75 Å². The molecule has 0 spiro atoms. The van der Waals surface area contributed by atoms with Crippen LogP contribution in [-0.2, 0) is 9.84 Å². The molecule has 1 aliphatic rings. The van der Waals surface area contributed by atoms with Crippen molar-refractivity contribution in [1.82, 2.24) is 0 Å². The van der Waals surface area contributed by atoms with Crippen LogP contribution in [0.4, 0.5) is 8.78 Å². The highest BCUT2D eigenvalue weighted by Crippen LogP contribution is 2.35. The molecule has 3 nitrogen and oxygen atoms in total. The van der Waals surface area contributed by atoms with Gasteiger partial charge in [0.2, 0.25) is 0 Å². The third-order valence-electron chi connectivity index (χ3n) is 2.30. The summed E-state index contributed by atoms with van der Waals surface area (Å²) >= 11 is 0. The van der Waals surface area contributed by atoms with Gasteiger partial charge in [-0.2, -0.15) is 0 Å². The molecule has 1 heterocycles. The normalized spacial score (nSPS) is 31.5. The third-order valence-corrected chi connectivity index (χ3v) is 3.98. The number of alkyl halides is 2. The molecule has 1 fully saturated rings. The molecule has 78 valence electrons. The maximum atomic E-state index is 13.1. The zero-order valence-electron chi connectivity index (χ0n) is 7.17. The smallest absolute Gasteiger partial charge is 0.264 e. The van der Waals surface area contributed by atoms with E-state index in [1.54, 1.807) is 0 Å². The van der Waals surface area contributed by atoms with Gasteiger partial charge < -0.3 is 5.73 Å². The second-order valence-corrected chi connectivity index (χ2v) is 5.60. The van der Waals surface area contributed by atoms with Gasteiger partial charge in [-0.1, -0.05) is 0 Å². The molecule has 1 atom stereocenters. The third kappa shape index (κ3) is 2.60. The first-order valence-corrected chi connectivity index (χ1v) is 5.98. The van der Waals surface area contributed by atoms with Crippen molar-refractivity contribution in [3.63, 3.8) is 0 Å². The Morgan fingerprint density at radius 1 is 1.46 bits per heavy atom. The molecule has 0 amide bonds. The van der Waals surface area contributed by atoms with Crippen molar-refractivity contribution < 1.29 is 17.2 Å². The number of rotatable bonds is 2. The van der Waals surface area contributed by atoms with Crippen LogP contribution >= 0.6 is 0 Å². The average molecular weight is 213 g/mol. The monoisotopic (exact) mass is 213 g/mol. The lowest BCUT2D eigenvalue weighted by molar-refractivity contribution is -0.0435. The molecule has 0 radical (unpaired) electrons. The Morgan fingerprint density at radius 3 is 2.54 bits per heavy atom. The Labute approximate surface area is 76.2 Å². The summed E-state index contributed by atoms with van der Waals surface area (Å²) in [5.41, 5.74) is 5.17. The summed E-state index contributed by atoms with van der Waals surface area (Å²) in [7, 11) is -3.53. The quantitative estimate of drug-likeness (QED) is 0.722. The SMILES string of the molecule is NCCC1CCS(=O)(=O)CC1(F)F. The molecular formula is C7H13F2NO2S. The van der Waals surface area contributed by atoms with Gasteiger partial charge in [0.05, 0.1) is 5.75 Å². The predicted molar refractivity (Wildman–Crippen MR) is 45.4 cm³/mol. The van der Waals surface area contributed by atoms with Gasteiger partial charge >= 0.3 is 0 Å². The van der Waals surface area contributed by atoms with E-state index < -0.39 is 27.4 Å². The van der Waals surface area contributed by atoms with Gasteiger partial charge in [0.25, 0.3) is 5.92 Å². The van der Waals surface area contributed by atoms with E-state index in [4.69, 9.17) is 5.73 Å². The van der Waals surface area contributed by atoms with Gasteiger partial charge in [-0.25, -0.2) is 17.2 Å². The van der Waals surface area contributed by atoms with E-state index in [9.17, 15) is 17.2 Å². The van der Waals surface area contributed by atoms with Crippen molar-refractivity contribution in [3.8, 4) is 0 Å². The average Bonchev–Trinajstić information content (AvgIpc) is 1.93. The number of hydrogen-bond donors (Lipinski definition) is 1. The molecule has 0 aromatic rings. The van der Waals surface area contributed by atoms with Crippen molar-refractivity contribution in [2.24, 2.45) is 11.7 Å². The summed E-state index contributed by atoms with van der Waals surface area (Å²) in [4.78, 5) is 0. The summed E-state index contributed by atoms with van der Waals surface area (Å²) in [6.45, 7) is 0.181. The fraction of sp³-hybridized carbons (Fsp3) is 1.00. The summed E-state index contributed by atoms with van der Waals surface area (Å²) in [5.74, 6) is -5.09. The lowest BCUT2D eigenvalue weighted by Gasteiger charge is -2.30. The van der Waals surface area contributed by atoms with Gasteiger partial charge in [-0.05, 0) is 19.4 Å². The first kappa shape index (κ1) is 10.8. The molecule has 1 saturated heterocycles. The van der Waals surface area contributed by atoms with Gasteiger partial charge in [0, 0.05) is 5.92 Å². The van der Waals surface area contributed by atoms with Crippen molar-refractivity contribution in [1.29, 1.82) is 0 Å². The molecule has 0 aromatic carbocycles. The van der Waals surface area contributed by atoms with Crippen LogP contribution < -0.4 is 5.73 Å². The number of hydrogen-bond acceptors (Lipinski definition) is 3. The van der Waals surface area contributed by atoms with E-state index in [0.717, 1.165) is 0 Å². The van der Waals surface area contributed by atoms with Gasteiger partial charge in [0.15, 0.2) is 9.84 Å². The van der Waals surface area contributed by atoms with E-state index in [1.165, 1.54) is 0 Å². The van der Waals surface area contributed by atoms with Crippen molar-refractivity contribution in [3.05, 3.63) is 0 Å². The maximum Gasteiger partial charge on any atom is 0.264 e. The van der Waals surface area contributed by atoms with Crippen LogP contribution in [0.1, 0.15) is 12.8 Å². The summed E-state index contributed by atoms with van der Waals surface area (Å²) in [5, 5.41) is 0. The molecule has 0 aromatic heterocycles. The topological polar surface area (TPSA) is 60.2 Å². The Balaban J connectivity index is 2.73. The van der Waals surface area contributed by atoms with Crippen LogP contribution in [0, 0.1) is 5.92 Å². The Hall–Kier alpha value is -0.230. The molecule has 13 heavy (non-hydrogen) atoms. The van der Waals surface area contributed by atoms with Crippen LogP contribution in [0.2, 0.25) is 0 Å². The minimum absolute atomic E-state index is 0.0343. The maximum absolute atomic E-state index is 13.1. The molecule has 0 saturated carbocycles. The first-order valence-electron chi connectivity index (χ1n) is 4.16. The number of sulfone groups is 1. The van der Waals surface area contributed by atoms with Gasteiger partial charge in [-0.15, -0.1) is 0 Å². The molecule has 1 aliphatic heterocycles. The predicted octanol–water partition coefficient (Wildman–Crippen LogP) is 0.405. The minimum Gasteiger partial charge on any atom is -0.330 e. The van der Waals surface area contributed by atoms with Crippen LogP contribution in [0.15, 0.2) is 0 Å². The van der Waals surface area contributed by atoms with Crippen molar-refractivity contribution in [2.75, 3.05) is 18.1 Å². The highest BCUT2D eigenvalue weighted by Gasteiger charge is 2.46. The van der Waals surface area contributed by atoms with E-state index >= 15 is 0 Å². The fourth-order valence-electron chi connectivity index (χ4n) is 1.57. The fourth-order valence-corrected chi connectivity index (χ4v) is 3.18. The van der Waals surface area contributed by atoms with Crippen molar-refractivity contribution in [2.45, 2.75) is 18.8 Å². The molecule has 1 rings (SSSR count). The summed E-state index contributed by atoms with van der Waals surface area (Å²) in [6.07, 6.45) is 0.231. The summed E-state index contributed by atoms with van der Waals surface area (Å²) < 4.78 is 48.0. The largest absolute Gasteiger partial charge is 0.330 e. The Bertz CT molecular complexity index is 276. The van der Waals surface area contributed by atoms with Crippen LogP contribution in [0.3, 0.4) is 0 Å². The van der Waals surface area contributed by atoms with Gasteiger partial charge in [-0.3, -0.25) is 0 Å². The van der Waals surface area contributed by atoms with Crippen LogP contribution in [-0.4, -0.2) is 32.4 Å². The highest BCUT2D eigenvalue weighted by molar-refractivity contribution is 7.91. The molecule has 0 aliphatic carbocycles. The standard InChI is InChI=1S/C7H13F2NO2S/c8-7(9)5-13(11,12)4-2-6(7)1-3-10/h6H,1-5,10H2. The first-order chi connectivity index (χ1) is 5.87. The second-order valence-electron chi connectivity index (χ2n) is 3.42. The molecule has 0 bridgehead atoms. The second kappa shape index (κ2) is 3.49. The van der Waals surface area contributed by atoms with E-state index in [2.05, 4.69) is 0 Å². The van der Waals surface area contributed by atoms with E-state index in [-0.39, 0.29) is 25.1 Å². The minimum atomic E-state index is -3.53. The Morgan fingerprint density at radius 2 is 2.08 bits per heavy atom. The number of halogens is 2. The highest BCUT2D eigenvalue weighted by atomic mass is 32.2. The van der Waals surface area contributed by atoms with Crippen LogP contribution in [0.5, 0.6) is 0 Å². The zero-order valence-corrected chi connectivity index (χ0v) is 7.99. The lowest BCUT2D eigenvalue weighted by Crippen LogP contribution is -2.43. The van der Waals surface area contributed by atoms with Crippen molar-refractivity contribution >= 4 is 9.84 Å². The summed E-state index contributed by atoms with van der Waals surface area (Å²) in [6, 6.07) is 0.